The molecule has 0 radical (unpaired) electrons. The van der Waals surface area contributed by atoms with Crippen LogP contribution in [0.2, 0.25) is 0 Å². The highest BCUT2D eigenvalue weighted by atomic mass is 16.1. The van der Waals surface area contributed by atoms with Crippen molar-refractivity contribution < 1.29 is 4.79 Å². The van der Waals surface area contributed by atoms with Gasteiger partial charge in [0.1, 0.15) is 0 Å². The lowest BCUT2D eigenvalue weighted by Gasteiger charge is -2.24. The van der Waals surface area contributed by atoms with Gasteiger partial charge in [0.25, 0.3) is 0 Å². The summed E-state index contributed by atoms with van der Waals surface area (Å²) >= 11 is 0. The van der Waals surface area contributed by atoms with Crippen LogP contribution in [0.4, 0.5) is 5.69 Å². The molecule has 1 heterocycles. The van der Waals surface area contributed by atoms with Gasteiger partial charge in [-0.2, -0.15) is 5.10 Å². The molecule has 5 aromatic carbocycles. The topological polar surface area (TPSA) is 32.7 Å². The molecule has 0 saturated carbocycles. The minimum Gasteiger partial charge on any atom is -0.289 e. The quantitative estimate of drug-likeness (QED) is 0.182. The summed E-state index contributed by atoms with van der Waals surface area (Å²) in [5.41, 5.74) is 6.19. The largest absolute Gasteiger partial charge is 0.289 e. The molecule has 1 atom stereocenters. The average Bonchev–Trinajstić information content (AvgIpc) is 3.42. The number of carbonyl (C=O) groups excluding carboxylic acids is 1. The van der Waals surface area contributed by atoms with Crippen LogP contribution in [-0.4, -0.2) is 11.5 Å². The number of hydrogen-bond acceptors (Lipinski definition) is 3. The van der Waals surface area contributed by atoms with Crippen molar-refractivity contribution in [1.29, 1.82) is 0 Å². The van der Waals surface area contributed by atoms with Crippen LogP contribution in [0.5, 0.6) is 0 Å². The highest BCUT2D eigenvalue weighted by Crippen LogP contribution is 2.36. The standard InChI is InChI=1S/C34H26N2O/c37-34(31-17-9-15-26-10-7-8-16-30(26)31)23-20-25-18-21-29(22-19-25)36-33(28-13-5-2-6-14-28)24-32(35-36)27-11-3-1-4-12-27/h1-23,33H,24H2. The number of benzene rings is 5. The first-order valence-corrected chi connectivity index (χ1v) is 12.5. The zero-order chi connectivity index (χ0) is 25.0. The van der Waals surface area contributed by atoms with E-state index in [1.807, 2.05) is 72.8 Å². The number of hydrazone groups is 1. The maximum Gasteiger partial charge on any atom is 0.186 e. The number of carbonyl (C=O) groups is 1. The molecule has 3 nitrogen and oxygen atoms in total. The molecule has 0 aromatic heterocycles. The van der Waals surface area contributed by atoms with Gasteiger partial charge in [-0.25, -0.2) is 0 Å². The van der Waals surface area contributed by atoms with E-state index in [-0.39, 0.29) is 11.8 Å². The smallest absolute Gasteiger partial charge is 0.186 e. The van der Waals surface area contributed by atoms with Crippen molar-refractivity contribution in [3.05, 3.63) is 156 Å². The zero-order valence-corrected chi connectivity index (χ0v) is 20.4. The summed E-state index contributed by atoms with van der Waals surface area (Å²) in [4.78, 5) is 13.0. The Hall–Kier alpha value is -4.76. The normalized spacial score (nSPS) is 15.3. The van der Waals surface area contributed by atoms with Crippen molar-refractivity contribution in [3.8, 4) is 0 Å². The molecule has 1 aliphatic rings. The fourth-order valence-corrected chi connectivity index (χ4v) is 4.93. The van der Waals surface area contributed by atoms with Crippen LogP contribution in [0.3, 0.4) is 0 Å². The van der Waals surface area contributed by atoms with Crippen molar-refractivity contribution in [2.75, 3.05) is 5.01 Å². The fraction of sp³-hybridized carbons (Fsp3) is 0.0588. The van der Waals surface area contributed by atoms with E-state index in [4.69, 9.17) is 5.10 Å². The first kappa shape index (κ1) is 22.7. The van der Waals surface area contributed by atoms with Gasteiger partial charge in [-0.05, 0) is 45.7 Å². The summed E-state index contributed by atoms with van der Waals surface area (Å²) in [5.74, 6) is 0.00154. The van der Waals surface area contributed by atoms with Gasteiger partial charge in [-0.15, -0.1) is 0 Å². The Balaban J connectivity index is 1.26. The zero-order valence-electron chi connectivity index (χ0n) is 20.4. The maximum absolute atomic E-state index is 13.0. The van der Waals surface area contributed by atoms with E-state index in [0.717, 1.165) is 45.3 Å². The Kier molecular flexibility index (Phi) is 6.18. The second-order valence-electron chi connectivity index (χ2n) is 9.20. The van der Waals surface area contributed by atoms with E-state index >= 15 is 0 Å². The third-order valence-corrected chi connectivity index (χ3v) is 6.84. The summed E-state index contributed by atoms with van der Waals surface area (Å²) in [6.45, 7) is 0. The number of nitrogens with zero attached hydrogens (tertiary/aromatic N) is 2. The number of rotatable bonds is 6. The van der Waals surface area contributed by atoms with Crippen molar-refractivity contribution in [1.82, 2.24) is 0 Å². The maximum atomic E-state index is 13.0. The molecule has 0 saturated heterocycles. The van der Waals surface area contributed by atoms with Crippen molar-refractivity contribution >= 4 is 34.0 Å². The molecule has 5 aromatic rings. The predicted molar refractivity (Wildman–Crippen MR) is 153 cm³/mol. The highest BCUT2D eigenvalue weighted by molar-refractivity contribution is 6.14. The third kappa shape index (κ3) is 4.72. The molecule has 3 heteroatoms. The lowest BCUT2D eigenvalue weighted by molar-refractivity contribution is 0.104. The van der Waals surface area contributed by atoms with Crippen LogP contribution in [0.1, 0.15) is 39.5 Å². The van der Waals surface area contributed by atoms with Crippen LogP contribution in [-0.2, 0) is 0 Å². The number of hydrogen-bond donors (Lipinski definition) is 0. The number of fused-ring (bicyclic) bond motifs is 1. The molecule has 178 valence electrons. The van der Waals surface area contributed by atoms with Gasteiger partial charge in [0.2, 0.25) is 0 Å². The SMILES string of the molecule is O=C(C=Cc1ccc(N2N=C(c3ccccc3)CC2c2ccccc2)cc1)c1cccc2ccccc12. The summed E-state index contributed by atoms with van der Waals surface area (Å²) in [5, 5.41) is 9.20. The van der Waals surface area contributed by atoms with Crippen molar-refractivity contribution in [2.24, 2.45) is 5.10 Å². The Morgan fingerprint density at radius 3 is 2.19 bits per heavy atom. The monoisotopic (exact) mass is 478 g/mol. The molecular weight excluding hydrogens is 452 g/mol. The summed E-state index contributed by atoms with van der Waals surface area (Å²) in [6.07, 6.45) is 4.38. The van der Waals surface area contributed by atoms with Gasteiger partial charge >= 0.3 is 0 Å². The van der Waals surface area contributed by atoms with Crippen molar-refractivity contribution in [3.63, 3.8) is 0 Å². The highest BCUT2D eigenvalue weighted by Gasteiger charge is 2.29. The van der Waals surface area contributed by atoms with Gasteiger partial charge < -0.3 is 0 Å². The lowest BCUT2D eigenvalue weighted by Crippen LogP contribution is -2.18. The summed E-state index contributed by atoms with van der Waals surface area (Å²) in [6, 6.07) is 43.1. The molecule has 0 amide bonds. The van der Waals surface area contributed by atoms with E-state index in [9.17, 15) is 4.79 Å². The van der Waals surface area contributed by atoms with Crippen molar-refractivity contribution in [2.45, 2.75) is 12.5 Å². The van der Waals surface area contributed by atoms with E-state index in [2.05, 4.69) is 65.7 Å². The van der Waals surface area contributed by atoms with Crippen LogP contribution >= 0.6 is 0 Å². The minimum absolute atomic E-state index is 0.00154. The molecule has 0 N–H and O–H groups in total. The van der Waals surface area contributed by atoms with Crippen LogP contribution in [0.15, 0.2) is 139 Å². The molecule has 0 bridgehead atoms. The molecule has 0 fully saturated rings. The second-order valence-corrected chi connectivity index (χ2v) is 9.20. The first-order valence-electron chi connectivity index (χ1n) is 12.5. The molecule has 6 rings (SSSR count). The Bertz CT molecular complexity index is 1600. The van der Waals surface area contributed by atoms with Gasteiger partial charge in [0.05, 0.1) is 17.4 Å². The van der Waals surface area contributed by atoms with Gasteiger partial charge in [0.15, 0.2) is 5.78 Å². The Morgan fingerprint density at radius 2 is 1.41 bits per heavy atom. The fourth-order valence-electron chi connectivity index (χ4n) is 4.93. The third-order valence-electron chi connectivity index (χ3n) is 6.84. The molecule has 1 aliphatic heterocycles. The van der Waals surface area contributed by atoms with E-state index in [1.54, 1.807) is 6.08 Å². The number of anilines is 1. The van der Waals surface area contributed by atoms with Crippen LogP contribution < -0.4 is 5.01 Å². The lowest BCUT2D eigenvalue weighted by atomic mass is 9.98. The second kappa shape index (κ2) is 10.1. The Morgan fingerprint density at radius 1 is 0.730 bits per heavy atom. The van der Waals surface area contributed by atoms with E-state index in [1.165, 1.54) is 5.56 Å². The molecule has 0 aliphatic carbocycles. The summed E-state index contributed by atoms with van der Waals surface area (Å²) < 4.78 is 0. The van der Waals surface area contributed by atoms with Gasteiger partial charge in [-0.3, -0.25) is 9.80 Å². The number of allylic oxidation sites excluding steroid dienone is 1. The van der Waals surface area contributed by atoms with E-state index < -0.39 is 0 Å². The molecule has 1 unspecified atom stereocenters. The minimum atomic E-state index is 0.00154. The molecular formula is C34H26N2O. The van der Waals surface area contributed by atoms with Crippen LogP contribution in [0.25, 0.3) is 16.8 Å². The van der Waals surface area contributed by atoms with Gasteiger partial charge in [-0.1, -0.05) is 121 Å². The number of ketones is 1. The van der Waals surface area contributed by atoms with Crippen LogP contribution in [0, 0.1) is 0 Å². The average molecular weight is 479 g/mol. The summed E-state index contributed by atoms with van der Waals surface area (Å²) in [7, 11) is 0. The molecule has 0 spiro atoms. The molecule has 37 heavy (non-hydrogen) atoms. The first-order chi connectivity index (χ1) is 18.3. The van der Waals surface area contributed by atoms with Gasteiger partial charge in [0, 0.05) is 12.0 Å². The van der Waals surface area contributed by atoms with E-state index in [0.29, 0.717) is 0 Å². The Labute approximate surface area is 217 Å². The predicted octanol–water partition coefficient (Wildman–Crippen LogP) is 8.09.